The van der Waals surface area contributed by atoms with Gasteiger partial charge >= 0.3 is 5.97 Å². The Morgan fingerprint density at radius 2 is 0.540 bits per heavy atom. The van der Waals surface area contributed by atoms with Crippen molar-refractivity contribution in [3.8, 4) is 0 Å². The van der Waals surface area contributed by atoms with E-state index in [0.29, 0.717) is 25.9 Å². The molecule has 0 aliphatic rings. The molecule has 0 bridgehead atoms. The first-order chi connectivity index (χ1) is 43.0. The van der Waals surface area contributed by atoms with Crippen LogP contribution in [-0.2, 0) is 14.3 Å². The third-order valence-corrected chi connectivity index (χ3v) is 19.3. The van der Waals surface area contributed by atoms with Crippen molar-refractivity contribution in [1.82, 2.24) is 5.32 Å². The summed E-state index contributed by atoms with van der Waals surface area (Å²) < 4.78 is 5.51. The van der Waals surface area contributed by atoms with Gasteiger partial charge in [0.2, 0.25) is 5.91 Å². The maximum Gasteiger partial charge on any atom is 0.305 e. The Labute approximate surface area is 546 Å². The number of aliphatic hydroxyl groups is 2. The molecule has 6 heteroatoms. The van der Waals surface area contributed by atoms with Gasteiger partial charge in [-0.3, -0.25) is 9.59 Å². The highest BCUT2D eigenvalue weighted by Crippen LogP contribution is 2.20. The van der Waals surface area contributed by atoms with Crippen LogP contribution >= 0.6 is 0 Å². The van der Waals surface area contributed by atoms with E-state index in [9.17, 15) is 19.8 Å². The van der Waals surface area contributed by atoms with E-state index in [-0.39, 0.29) is 18.5 Å². The standard InChI is InChI=1S/C81H159NO5/c1-3-5-7-9-11-13-15-17-19-21-22-23-35-38-42-45-49-53-57-61-65-69-73-79(84)78(77-83)82-80(85)74-70-66-62-58-54-50-46-43-39-36-33-31-29-27-25-24-26-28-30-32-34-37-40-44-48-52-56-60-64-68-72-76-87-81(86)75-71-67-63-59-55-51-47-41-20-18-16-14-12-10-8-6-4-2/h26,28,78-79,83-84H,3-25,27,29-77H2,1-2H3,(H,82,85)/b28-26-. The van der Waals surface area contributed by atoms with Crippen molar-refractivity contribution >= 4 is 11.9 Å². The quantitative estimate of drug-likeness (QED) is 0.0320. The van der Waals surface area contributed by atoms with E-state index in [2.05, 4.69) is 31.3 Å². The van der Waals surface area contributed by atoms with Gasteiger partial charge in [0.05, 0.1) is 25.4 Å². The molecule has 0 aromatic heterocycles. The van der Waals surface area contributed by atoms with Crippen molar-refractivity contribution in [1.29, 1.82) is 0 Å². The fourth-order valence-corrected chi connectivity index (χ4v) is 13.2. The van der Waals surface area contributed by atoms with E-state index in [1.165, 1.54) is 398 Å². The molecule has 518 valence electrons. The molecular formula is C81H159NO5. The summed E-state index contributed by atoms with van der Waals surface area (Å²) in [7, 11) is 0. The number of carbonyl (C=O) groups is 2. The molecule has 0 heterocycles. The van der Waals surface area contributed by atoms with Gasteiger partial charge in [-0.25, -0.2) is 0 Å². The van der Waals surface area contributed by atoms with Crippen LogP contribution in [0.5, 0.6) is 0 Å². The number of amides is 1. The number of aliphatic hydroxyl groups excluding tert-OH is 2. The second-order valence-electron chi connectivity index (χ2n) is 28.1. The number of hydrogen-bond acceptors (Lipinski definition) is 5. The predicted molar refractivity (Wildman–Crippen MR) is 384 cm³/mol. The van der Waals surface area contributed by atoms with E-state index in [1.807, 2.05) is 0 Å². The molecule has 1 amide bonds. The van der Waals surface area contributed by atoms with Crippen LogP contribution in [0, 0.1) is 0 Å². The van der Waals surface area contributed by atoms with Gasteiger partial charge in [-0.05, 0) is 51.4 Å². The molecule has 0 aromatic rings. The van der Waals surface area contributed by atoms with Crippen LogP contribution in [0.15, 0.2) is 12.2 Å². The molecule has 0 aromatic carbocycles. The van der Waals surface area contributed by atoms with Gasteiger partial charge in [0.25, 0.3) is 0 Å². The number of esters is 1. The summed E-state index contributed by atoms with van der Waals surface area (Å²) in [5.74, 6) is -0.00388. The van der Waals surface area contributed by atoms with E-state index >= 15 is 0 Å². The number of unbranched alkanes of at least 4 members (excludes halogenated alkanes) is 64. The average Bonchev–Trinajstić information content (AvgIpc) is 3.58. The highest BCUT2D eigenvalue weighted by molar-refractivity contribution is 5.76. The topological polar surface area (TPSA) is 95.9 Å². The summed E-state index contributed by atoms with van der Waals surface area (Å²) in [6.45, 7) is 5.02. The lowest BCUT2D eigenvalue weighted by Crippen LogP contribution is -2.45. The number of hydrogen-bond donors (Lipinski definition) is 3. The van der Waals surface area contributed by atoms with Crippen LogP contribution < -0.4 is 5.32 Å². The van der Waals surface area contributed by atoms with E-state index in [4.69, 9.17) is 4.74 Å². The summed E-state index contributed by atoms with van der Waals surface area (Å²) in [5.41, 5.74) is 0. The molecule has 0 fully saturated rings. The summed E-state index contributed by atoms with van der Waals surface area (Å²) >= 11 is 0. The van der Waals surface area contributed by atoms with E-state index in [1.54, 1.807) is 0 Å². The lowest BCUT2D eigenvalue weighted by atomic mass is 10.0. The molecule has 0 spiro atoms. The van der Waals surface area contributed by atoms with E-state index in [0.717, 1.165) is 38.5 Å². The summed E-state index contributed by atoms with van der Waals surface area (Å²) in [6.07, 6.45) is 97.4. The largest absolute Gasteiger partial charge is 0.466 e. The Kier molecular flexibility index (Phi) is 75.8. The predicted octanol–water partition coefficient (Wildman–Crippen LogP) is 26.7. The lowest BCUT2D eigenvalue weighted by Gasteiger charge is -2.22. The third-order valence-electron chi connectivity index (χ3n) is 19.3. The Morgan fingerprint density at radius 1 is 0.310 bits per heavy atom. The Hall–Kier alpha value is -1.40. The molecule has 0 saturated heterocycles. The van der Waals surface area contributed by atoms with Gasteiger partial charge in [-0.1, -0.05) is 418 Å². The Balaban J connectivity index is 3.34. The summed E-state index contributed by atoms with van der Waals surface area (Å²) in [6, 6.07) is -0.541. The molecule has 87 heavy (non-hydrogen) atoms. The first-order valence-electron chi connectivity index (χ1n) is 40.4. The first kappa shape index (κ1) is 85.6. The molecule has 3 N–H and O–H groups in total. The molecule has 0 aliphatic heterocycles. The average molecular weight is 1230 g/mol. The zero-order valence-electron chi connectivity index (χ0n) is 59.5. The second kappa shape index (κ2) is 77.1. The Morgan fingerprint density at radius 3 is 0.816 bits per heavy atom. The number of nitrogens with one attached hydrogen (secondary N) is 1. The normalized spacial score (nSPS) is 12.5. The van der Waals surface area contributed by atoms with Crippen LogP contribution in [0.4, 0.5) is 0 Å². The monoisotopic (exact) mass is 1230 g/mol. The van der Waals surface area contributed by atoms with Crippen molar-refractivity contribution in [2.24, 2.45) is 0 Å². The van der Waals surface area contributed by atoms with Crippen molar-refractivity contribution in [2.75, 3.05) is 13.2 Å². The highest BCUT2D eigenvalue weighted by Gasteiger charge is 2.20. The van der Waals surface area contributed by atoms with Crippen molar-refractivity contribution in [3.63, 3.8) is 0 Å². The zero-order valence-corrected chi connectivity index (χ0v) is 59.5. The number of carbonyl (C=O) groups excluding carboxylic acids is 2. The SMILES string of the molecule is CCCCCCCCCCCCCCCCCCCCCCCCC(O)C(CO)NC(=O)CCCCCCCCCCCCCCCCC/C=C\CCCCCCCCCCCCCCOC(=O)CCCCCCCCCCCCCCCCCCC. The molecule has 2 unspecified atom stereocenters. The minimum Gasteiger partial charge on any atom is -0.466 e. The van der Waals surface area contributed by atoms with Gasteiger partial charge in [-0.15, -0.1) is 0 Å². The molecule has 0 radical (unpaired) electrons. The molecule has 2 atom stereocenters. The first-order valence-corrected chi connectivity index (χ1v) is 40.4. The van der Waals surface area contributed by atoms with Crippen LogP contribution in [0.25, 0.3) is 0 Å². The van der Waals surface area contributed by atoms with E-state index < -0.39 is 12.1 Å². The van der Waals surface area contributed by atoms with Gasteiger partial charge in [-0.2, -0.15) is 0 Å². The van der Waals surface area contributed by atoms with Crippen LogP contribution in [-0.4, -0.2) is 47.4 Å². The zero-order chi connectivity index (χ0) is 62.8. The van der Waals surface area contributed by atoms with Gasteiger partial charge in [0.15, 0.2) is 0 Å². The molecule has 6 nitrogen and oxygen atoms in total. The maximum atomic E-state index is 12.6. The fourth-order valence-electron chi connectivity index (χ4n) is 13.2. The van der Waals surface area contributed by atoms with Crippen molar-refractivity contribution in [2.45, 2.75) is 482 Å². The van der Waals surface area contributed by atoms with Crippen molar-refractivity contribution in [3.05, 3.63) is 12.2 Å². The van der Waals surface area contributed by atoms with Crippen LogP contribution in [0.1, 0.15) is 470 Å². The number of ether oxygens (including phenoxy) is 1. The number of allylic oxidation sites excluding steroid dienone is 2. The van der Waals surface area contributed by atoms with Crippen LogP contribution in [0.2, 0.25) is 0 Å². The minimum absolute atomic E-state index is 0.0231. The lowest BCUT2D eigenvalue weighted by molar-refractivity contribution is -0.143. The maximum absolute atomic E-state index is 12.6. The van der Waals surface area contributed by atoms with Crippen molar-refractivity contribution < 1.29 is 24.5 Å². The molecule has 0 rings (SSSR count). The summed E-state index contributed by atoms with van der Waals surface area (Å²) in [4.78, 5) is 24.7. The molecule has 0 aliphatic carbocycles. The Bertz CT molecular complexity index is 1320. The van der Waals surface area contributed by atoms with Gasteiger partial charge in [0, 0.05) is 12.8 Å². The fraction of sp³-hybridized carbons (Fsp3) is 0.951. The second-order valence-corrected chi connectivity index (χ2v) is 28.1. The third kappa shape index (κ3) is 73.5. The van der Waals surface area contributed by atoms with Gasteiger partial charge in [0.1, 0.15) is 0 Å². The smallest absolute Gasteiger partial charge is 0.305 e. The number of rotatable bonds is 77. The molecular weight excluding hydrogens is 1070 g/mol. The van der Waals surface area contributed by atoms with Gasteiger partial charge < -0.3 is 20.3 Å². The van der Waals surface area contributed by atoms with Crippen LogP contribution in [0.3, 0.4) is 0 Å². The summed E-state index contributed by atoms with van der Waals surface area (Å²) in [5, 5.41) is 23.5. The highest BCUT2D eigenvalue weighted by atomic mass is 16.5. The minimum atomic E-state index is -0.664. The molecule has 0 saturated carbocycles.